The van der Waals surface area contributed by atoms with E-state index in [-0.39, 0.29) is 23.7 Å². The number of fused-ring (bicyclic) bond motifs is 1. The maximum Gasteiger partial charge on any atom is 0.332 e. The summed E-state index contributed by atoms with van der Waals surface area (Å²) in [6, 6.07) is 0. The molecule has 0 saturated heterocycles. The molecule has 2 heterocycles. The number of aryl methyl sites for hydroxylation is 1. The fraction of sp³-hybridized carbons (Fsp3) is 0.615. The van der Waals surface area contributed by atoms with Crippen LogP contribution in [0.5, 0.6) is 0 Å². The molecule has 0 fully saturated rings. The van der Waals surface area contributed by atoms with Gasteiger partial charge >= 0.3 is 5.69 Å². The maximum absolute atomic E-state index is 12.3. The lowest BCUT2D eigenvalue weighted by molar-refractivity contribution is 0.293. The van der Waals surface area contributed by atoms with Crippen molar-refractivity contribution in [3.05, 3.63) is 27.2 Å². The van der Waals surface area contributed by atoms with E-state index in [1.165, 1.54) is 11.6 Å². The second kappa shape index (κ2) is 7.80. The zero-order valence-corrected chi connectivity index (χ0v) is 14.5. The first-order chi connectivity index (χ1) is 10.0. The molecule has 0 aliphatic heterocycles. The van der Waals surface area contributed by atoms with Crippen LogP contribution >= 0.6 is 24.0 Å². The highest BCUT2D eigenvalue weighted by atomic mass is 35.5. The minimum Gasteiger partial charge on any atom is -0.323 e. The molecule has 0 saturated carbocycles. The monoisotopic (exact) mass is 349 g/mol. The highest BCUT2D eigenvalue weighted by Gasteiger charge is 2.14. The number of halogens is 2. The Labute approximate surface area is 139 Å². The van der Waals surface area contributed by atoms with E-state index in [2.05, 4.69) is 16.8 Å². The molecular formula is C13H21Cl2N5O2. The van der Waals surface area contributed by atoms with Gasteiger partial charge in [-0.05, 0) is 6.54 Å². The van der Waals surface area contributed by atoms with Crippen LogP contribution in [0.3, 0.4) is 0 Å². The number of rotatable bonds is 6. The van der Waals surface area contributed by atoms with Crippen LogP contribution in [0.2, 0.25) is 0 Å². The predicted octanol–water partition coefficient (Wildman–Crippen LogP) is 0.416. The summed E-state index contributed by atoms with van der Waals surface area (Å²) >= 11 is 5.76. The van der Waals surface area contributed by atoms with E-state index in [0.717, 1.165) is 24.2 Å². The normalized spacial score (nSPS) is 11.1. The SMILES string of the molecule is CCN(CCCl)CCn1cnc2c1c(=O)n(C)c(=O)n2C.Cl. The minimum atomic E-state index is -0.366. The zero-order chi connectivity index (χ0) is 15.6. The number of hydrogen-bond acceptors (Lipinski definition) is 4. The third-order valence-corrected chi connectivity index (χ3v) is 3.89. The van der Waals surface area contributed by atoms with Crippen molar-refractivity contribution in [1.82, 2.24) is 23.6 Å². The highest BCUT2D eigenvalue weighted by molar-refractivity contribution is 6.18. The van der Waals surface area contributed by atoms with Crippen LogP contribution in [0.1, 0.15) is 6.92 Å². The van der Waals surface area contributed by atoms with Gasteiger partial charge in [-0.3, -0.25) is 13.9 Å². The van der Waals surface area contributed by atoms with Gasteiger partial charge in [0.05, 0.1) is 6.33 Å². The Morgan fingerprint density at radius 1 is 1.23 bits per heavy atom. The maximum atomic E-state index is 12.3. The van der Waals surface area contributed by atoms with Gasteiger partial charge in [0.15, 0.2) is 11.2 Å². The molecule has 22 heavy (non-hydrogen) atoms. The topological polar surface area (TPSA) is 65.1 Å². The first-order valence-corrected chi connectivity index (χ1v) is 7.43. The molecule has 0 aliphatic rings. The average molecular weight is 350 g/mol. The van der Waals surface area contributed by atoms with Crippen LogP contribution in [0.25, 0.3) is 11.2 Å². The van der Waals surface area contributed by atoms with Crippen molar-refractivity contribution in [1.29, 1.82) is 0 Å². The fourth-order valence-electron chi connectivity index (χ4n) is 2.36. The molecule has 0 unspecified atom stereocenters. The lowest BCUT2D eigenvalue weighted by Gasteiger charge is -2.19. The van der Waals surface area contributed by atoms with Gasteiger partial charge < -0.3 is 9.47 Å². The van der Waals surface area contributed by atoms with Crippen molar-refractivity contribution in [2.75, 3.05) is 25.5 Å². The summed E-state index contributed by atoms with van der Waals surface area (Å²) in [5, 5.41) is 0. The lowest BCUT2D eigenvalue weighted by atomic mass is 10.4. The van der Waals surface area contributed by atoms with Crippen molar-refractivity contribution >= 4 is 35.2 Å². The van der Waals surface area contributed by atoms with Crippen molar-refractivity contribution in [3.8, 4) is 0 Å². The summed E-state index contributed by atoms with van der Waals surface area (Å²) in [5.41, 5.74) is 0.200. The summed E-state index contributed by atoms with van der Waals surface area (Å²) < 4.78 is 4.30. The molecule has 0 bridgehead atoms. The Morgan fingerprint density at radius 3 is 2.50 bits per heavy atom. The van der Waals surface area contributed by atoms with E-state index in [4.69, 9.17) is 11.6 Å². The van der Waals surface area contributed by atoms with E-state index in [0.29, 0.717) is 23.6 Å². The second-order valence-corrected chi connectivity index (χ2v) is 5.32. The largest absolute Gasteiger partial charge is 0.332 e. The molecule has 2 aromatic rings. The number of likely N-dealkylation sites (N-methyl/N-ethyl adjacent to an activating group) is 1. The lowest BCUT2D eigenvalue weighted by Crippen LogP contribution is -2.38. The summed E-state index contributed by atoms with van der Waals surface area (Å²) in [6.07, 6.45) is 1.61. The molecule has 0 atom stereocenters. The molecule has 2 aromatic heterocycles. The number of alkyl halides is 1. The van der Waals surface area contributed by atoms with Gasteiger partial charge in [-0.25, -0.2) is 9.78 Å². The Morgan fingerprint density at radius 2 is 1.91 bits per heavy atom. The minimum absolute atomic E-state index is 0. The molecule has 0 N–H and O–H groups in total. The van der Waals surface area contributed by atoms with Gasteiger partial charge in [0.1, 0.15) is 0 Å². The third-order valence-electron chi connectivity index (χ3n) is 3.72. The molecule has 7 nitrogen and oxygen atoms in total. The number of imidazole rings is 1. The van der Waals surface area contributed by atoms with E-state index >= 15 is 0 Å². The van der Waals surface area contributed by atoms with Crippen molar-refractivity contribution < 1.29 is 0 Å². The van der Waals surface area contributed by atoms with Gasteiger partial charge in [-0.2, -0.15) is 0 Å². The van der Waals surface area contributed by atoms with Gasteiger partial charge in [0.2, 0.25) is 0 Å². The van der Waals surface area contributed by atoms with E-state index in [1.54, 1.807) is 17.9 Å². The summed E-state index contributed by atoms with van der Waals surface area (Å²) in [5.74, 6) is 0.578. The summed E-state index contributed by atoms with van der Waals surface area (Å²) in [4.78, 5) is 30.5. The Bertz CT molecular complexity index is 749. The standard InChI is InChI=1S/C13H20ClN5O2.ClH/c1-4-18(6-5-14)7-8-19-9-15-11-10(19)12(20)17(3)13(21)16(11)2;/h9H,4-8H2,1-3H3;1H. The Balaban J connectivity index is 0.00000242. The molecule has 0 aromatic carbocycles. The molecule has 0 radical (unpaired) electrons. The average Bonchev–Trinajstić information content (AvgIpc) is 2.91. The quantitative estimate of drug-likeness (QED) is 0.709. The van der Waals surface area contributed by atoms with Crippen LogP contribution in [0.4, 0.5) is 0 Å². The molecule has 9 heteroatoms. The number of hydrogen-bond donors (Lipinski definition) is 0. The number of aromatic nitrogens is 4. The molecule has 2 rings (SSSR count). The fourth-order valence-corrected chi connectivity index (χ4v) is 2.60. The molecule has 0 aliphatic carbocycles. The summed E-state index contributed by atoms with van der Waals surface area (Å²) in [6.45, 7) is 5.19. The first kappa shape index (κ1) is 18.7. The van der Waals surface area contributed by atoms with Gasteiger partial charge in [-0.1, -0.05) is 6.92 Å². The Kier molecular flexibility index (Phi) is 6.65. The summed E-state index contributed by atoms with van der Waals surface area (Å²) in [7, 11) is 3.10. The molecular weight excluding hydrogens is 329 g/mol. The molecule has 124 valence electrons. The number of nitrogens with zero attached hydrogens (tertiary/aromatic N) is 5. The molecule has 0 spiro atoms. The van der Waals surface area contributed by atoms with Crippen LogP contribution < -0.4 is 11.2 Å². The van der Waals surface area contributed by atoms with Crippen LogP contribution in [0.15, 0.2) is 15.9 Å². The zero-order valence-electron chi connectivity index (χ0n) is 13.0. The predicted molar refractivity (Wildman–Crippen MR) is 90.3 cm³/mol. The van der Waals surface area contributed by atoms with Crippen molar-refractivity contribution in [2.24, 2.45) is 14.1 Å². The smallest absolute Gasteiger partial charge is 0.323 e. The van der Waals surface area contributed by atoms with Crippen LogP contribution in [-0.4, -0.2) is 49.1 Å². The van der Waals surface area contributed by atoms with E-state index in [9.17, 15) is 9.59 Å². The Hall–Kier alpha value is -1.31. The third kappa shape index (κ3) is 3.37. The first-order valence-electron chi connectivity index (χ1n) is 6.90. The van der Waals surface area contributed by atoms with Crippen LogP contribution in [-0.2, 0) is 20.6 Å². The molecule has 0 amide bonds. The highest BCUT2D eigenvalue weighted by Crippen LogP contribution is 2.05. The van der Waals surface area contributed by atoms with Gasteiger partial charge in [0.25, 0.3) is 5.56 Å². The van der Waals surface area contributed by atoms with Gasteiger partial charge in [0, 0.05) is 39.6 Å². The van der Waals surface area contributed by atoms with Crippen molar-refractivity contribution in [3.63, 3.8) is 0 Å². The van der Waals surface area contributed by atoms with Gasteiger partial charge in [-0.15, -0.1) is 24.0 Å². The van der Waals surface area contributed by atoms with E-state index < -0.39 is 0 Å². The second-order valence-electron chi connectivity index (χ2n) is 4.94. The van der Waals surface area contributed by atoms with E-state index in [1.807, 2.05) is 0 Å². The van der Waals surface area contributed by atoms with Crippen molar-refractivity contribution in [2.45, 2.75) is 13.5 Å². The van der Waals surface area contributed by atoms with Crippen LogP contribution in [0, 0.1) is 0 Å².